The number of aromatic nitrogens is 2. The summed E-state index contributed by atoms with van der Waals surface area (Å²) in [7, 11) is 1.74. The van der Waals surface area contributed by atoms with Gasteiger partial charge in [-0.3, -0.25) is 9.78 Å². The molecule has 0 saturated heterocycles. The monoisotopic (exact) mass is 364 g/mol. The van der Waals surface area contributed by atoms with Crippen molar-refractivity contribution in [2.45, 2.75) is 27.4 Å². The summed E-state index contributed by atoms with van der Waals surface area (Å²) in [5.41, 5.74) is 11.9. The van der Waals surface area contributed by atoms with Gasteiger partial charge in [-0.05, 0) is 55.7 Å². The molecule has 3 rings (SSSR count). The Kier molecular flexibility index (Phi) is 5.37. The molecule has 2 N–H and O–H groups in total. The normalized spacial score (nSPS) is 10.9. The summed E-state index contributed by atoms with van der Waals surface area (Å²) in [5, 5.41) is 0. The van der Waals surface area contributed by atoms with Crippen molar-refractivity contribution in [2.75, 3.05) is 18.5 Å². The van der Waals surface area contributed by atoms with Gasteiger partial charge in [0.2, 0.25) is 5.91 Å². The topological polar surface area (TPSA) is 81.3 Å². The van der Waals surface area contributed by atoms with Crippen LogP contribution in [0, 0.1) is 20.8 Å². The summed E-state index contributed by atoms with van der Waals surface area (Å²) in [4.78, 5) is 22.5. The molecule has 0 bridgehead atoms. The number of carbonyl (C=O) groups excluding carboxylic acids is 1. The maximum absolute atomic E-state index is 12.0. The van der Waals surface area contributed by atoms with Crippen LogP contribution in [-0.4, -0.2) is 29.5 Å². The number of anilines is 1. The number of aryl methyl sites for hydroxylation is 2. The van der Waals surface area contributed by atoms with E-state index in [1.165, 1.54) is 0 Å². The number of benzene rings is 2. The first kappa shape index (κ1) is 18.8. The number of fused-ring (bicyclic) bond motifs is 1. The van der Waals surface area contributed by atoms with Crippen LogP contribution in [0.3, 0.4) is 0 Å². The number of nitrogens with two attached hydrogens (primary N) is 1. The van der Waals surface area contributed by atoms with E-state index in [4.69, 9.17) is 10.5 Å². The van der Waals surface area contributed by atoms with E-state index in [2.05, 4.69) is 9.97 Å². The van der Waals surface area contributed by atoms with E-state index < -0.39 is 0 Å². The molecule has 6 nitrogen and oxygen atoms in total. The third-order valence-corrected chi connectivity index (χ3v) is 4.74. The van der Waals surface area contributed by atoms with Crippen LogP contribution < -0.4 is 15.4 Å². The van der Waals surface area contributed by atoms with Crippen molar-refractivity contribution < 1.29 is 9.53 Å². The summed E-state index contributed by atoms with van der Waals surface area (Å²) in [6.07, 6.45) is 1.74. The van der Waals surface area contributed by atoms with Crippen molar-refractivity contribution in [3.8, 4) is 5.75 Å². The summed E-state index contributed by atoms with van der Waals surface area (Å²) in [6, 6.07) is 9.66. The van der Waals surface area contributed by atoms with Crippen LogP contribution in [0.4, 0.5) is 5.69 Å². The standard InChI is InChI=1S/C21H24N4O2/c1-13-8-9-18(25(4)20(26)10-22)15(3)16(13)12-27-19-7-5-6-17-21(19)24-14(2)11-23-17/h5-9,11H,10,12,22H2,1-4H3. The Hall–Kier alpha value is -2.99. The van der Waals surface area contributed by atoms with Crippen molar-refractivity contribution in [1.29, 1.82) is 0 Å². The zero-order valence-corrected chi connectivity index (χ0v) is 16.1. The summed E-state index contributed by atoms with van der Waals surface area (Å²) < 4.78 is 6.11. The van der Waals surface area contributed by atoms with Crippen molar-refractivity contribution in [2.24, 2.45) is 5.73 Å². The van der Waals surface area contributed by atoms with Crippen molar-refractivity contribution >= 4 is 22.6 Å². The van der Waals surface area contributed by atoms with E-state index in [1.54, 1.807) is 18.1 Å². The second-order valence-corrected chi connectivity index (χ2v) is 6.59. The highest BCUT2D eigenvalue weighted by Crippen LogP contribution is 2.28. The van der Waals surface area contributed by atoms with E-state index >= 15 is 0 Å². The number of ether oxygens (including phenoxy) is 1. The van der Waals surface area contributed by atoms with Crippen LogP contribution >= 0.6 is 0 Å². The minimum Gasteiger partial charge on any atom is -0.487 e. The molecule has 27 heavy (non-hydrogen) atoms. The molecule has 0 saturated carbocycles. The number of hydrogen-bond acceptors (Lipinski definition) is 5. The second kappa shape index (κ2) is 7.72. The lowest BCUT2D eigenvalue weighted by molar-refractivity contribution is -0.117. The van der Waals surface area contributed by atoms with Gasteiger partial charge in [0.05, 0.1) is 17.8 Å². The van der Waals surface area contributed by atoms with Crippen molar-refractivity contribution in [1.82, 2.24) is 9.97 Å². The molecule has 0 aliphatic heterocycles. The molecular weight excluding hydrogens is 340 g/mol. The Labute approximate surface area is 159 Å². The SMILES string of the molecule is Cc1cnc2cccc(OCc3c(C)ccc(N(C)C(=O)CN)c3C)c2n1. The van der Waals surface area contributed by atoms with E-state index in [1.807, 2.05) is 51.1 Å². The van der Waals surface area contributed by atoms with Gasteiger partial charge in [-0.2, -0.15) is 0 Å². The average Bonchev–Trinajstić information content (AvgIpc) is 2.67. The van der Waals surface area contributed by atoms with Crippen LogP contribution in [0.2, 0.25) is 0 Å². The number of carbonyl (C=O) groups is 1. The van der Waals surface area contributed by atoms with Crippen LogP contribution in [0.25, 0.3) is 11.0 Å². The molecule has 1 aromatic heterocycles. The van der Waals surface area contributed by atoms with Gasteiger partial charge in [0, 0.05) is 18.9 Å². The number of para-hydroxylation sites is 1. The van der Waals surface area contributed by atoms with E-state index in [9.17, 15) is 4.79 Å². The van der Waals surface area contributed by atoms with Gasteiger partial charge in [0.25, 0.3) is 0 Å². The molecule has 2 aromatic carbocycles. The fraction of sp³-hybridized carbons (Fsp3) is 0.286. The van der Waals surface area contributed by atoms with E-state index in [0.29, 0.717) is 12.4 Å². The lowest BCUT2D eigenvalue weighted by Crippen LogP contribution is -2.33. The van der Waals surface area contributed by atoms with Gasteiger partial charge in [0.15, 0.2) is 0 Å². The second-order valence-electron chi connectivity index (χ2n) is 6.59. The van der Waals surface area contributed by atoms with E-state index in [-0.39, 0.29) is 12.5 Å². The minimum absolute atomic E-state index is 0.0241. The Balaban J connectivity index is 1.93. The van der Waals surface area contributed by atoms with Crippen LogP contribution in [0.5, 0.6) is 5.75 Å². The first-order valence-electron chi connectivity index (χ1n) is 8.83. The first-order valence-corrected chi connectivity index (χ1v) is 8.83. The number of nitrogens with zero attached hydrogens (tertiary/aromatic N) is 3. The molecule has 0 unspecified atom stereocenters. The zero-order chi connectivity index (χ0) is 19.6. The van der Waals surface area contributed by atoms with Crippen LogP contribution in [0.1, 0.15) is 22.4 Å². The number of likely N-dealkylation sites (N-methyl/N-ethyl adjacent to an activating group) is 1. The highest BCUT2D eigenvalue weighted by Gasteiger charge is 2.16. The highest BCUT2D eigenvalue weighted by atomic mass is 16.5. The molecule has 140 valence electrons. The molecule has 0 spiro atoms. The number of rotatable bonds is 5. The smallest absolute Gasteiger partial charge is 0.240 e. The van der Waals surface area contributed by atoms with Gasteiger partial charge in [0.1, 0.15) is 17.9 Å². The minimum atomic E-state index is -0.131. The Morgan fingerprint density at radius 3 is 2.70 bits per heavy atom. The zero-order valence-electron chi connectivity index (χ0n) is 16.1. The largest absolute Gasteiger partial charge is 0.487 e. The lowest BCUT2D eigenvalue weighted by Gasteiger charge is -2.22. The molecule has 1 heterocycles. The Morgan fingerprint density at radius 2 is 1.96 bits per heavy atom. The third-order valence-electron chi connectivity index (χ3n) is 4.74. The van der Waals surface area contributed by atoms with Gasteiger partial charge in [-0.1, -0.05) is 12.1 Å². The predicted octanol–water partition coefficient (Wildman–Crippen LogP) is 3.06. The van der Waals surface area contributed by atoms with Crippen LogP contribution in [0.15, 0.2) is 36.5 Å². The van der Waals surface area contributed by atoms with Crippen molar-refractivity contribution in [3.63, 3.8) is 0 Å². The molecular formula is C21H24N4O2. The Morgan fingerprint density at radius 1 is 1.19 bits per heavy atom. The van der Waals surface area contributed by atoms with Gasteiger partial charge < -0.3 is 15.4 Å². The maximum Gasteiger partial charge on any atom is 0.240 e. The third kappa shape index (κ3) is 3.75. The quantitative estimate of drug-likeness (QED) is 0.752. The summed E-state index contributed by atoms with van der Waals surface area (Å²) in [6.45, 7) is 6.29. The van der Waals surface area contributed by atoms with Crippen molar-refractivity contribution in [3.05, 3.63) is 58.9 Å². The first-order chi connectivity index (χ1) is 12.9. The average molecular weight is 364 g/mol. The predicted molar refractivity (Wildman–Crippen MR) is 107 cm³/mol. The van der Waals surface area contributed by atoms with Gasteiger partial charge in [-0.25, -0.2) is 4.98 Å². The fourth-order valence-electron chi connectivity index (χ4n) is 3.10. The maximum atomic E-state index is 12.0. The van der Waals surface area contributed by atoms with E-state index in [0.717, 1.165) is 39.1 Å². The summed E-state index contributed by atoms with van der Waals surface area (Å²) >= 11 is 0. The molecule has 0 fully saturated rings. The molecule has 6 heteroatoms. The molecule has 0 aliphatic rings. The fourth-order valence-corrected chi connectivity index (χ4v) is 3.10. The molecule has 0 radical (unpaired) electrons. The molecule has 0 atom stereocenters. The van der Waals surface area contributed by atoms with Gasteiger partial charge >= 0.3 is 0 Å². The number of hydrogen-bond donors (Lipinski definition) is 1. The Bertz CT molecular complexity index is 1000. The van der Waals surface area contributed by atoms with Crippen LogP contribution in [-0.2, 0) is 11.4 Å². The molecule has 3 aromatic rings. The number of amides is 1. The summed E-state index contributed by atoms with van der Waals surface area (Å²) in [5.74, 6) is 0.563. The lowest BCUT2D eigenvalue weighted by atomic mass is 10.0. The van der Waals surface area contributed by atoms with Gasteiger partial charge in [-0.15, -0.1) is 0 Å². The molecule has 1 amide bonds. The molecule has 0 aliphatic carbocycles. The highest BCUT2D eigenvalue weighted by molar-refractivity contribution is 5.95.